The van der Waals surface area contributed by atoms with Crippen LogP contribution in [0.15, 0.2) is 67.3 Å². The average Bonchev–Trinajstić information content (AvgIpc) is 3.15. The van der Waals surface area contributed by atoms with Crippen molar-refractivity contribution in [2.24, 2.45) is 0 Å². The first-order chi connectivity index (χ1) is 12.8. The molecule has 0 aliphatic heterocycles. The predicted molar refractivity (Wildman–Crippen MR) is 103 cm³/mol. The maximum Gasteiger partial charge on any atom is 0.222 e. The minimum Gasteiger partial charge on any atom is -0.439 e. The van der Waals surface area contributed by atoms with E-state index in [9.17, 15) is 0 Å². The van der Waals surface area contributed by atoms with Gasteiger partial charge in [0.2, 0.25) is 5.88 Å². The maximum absolute atomic E-state index is 5.82. The number of H-pyrrole nitrogens is 1. The van der Waals surface area contributed by atoms with Crippen molar-refractivity contribution in [1.29, 1.82) is 0 Å². The largest absolute Gasteiger partial charge is 0.439 e. The summed E-state index contributed by atoms with van der Waals surface area (Å²) in [7, 11) is 0. The summed E-state index contributed by atoms with van der Waals surface area (Å²) in [4.78, 5) is 8.01. The molecule has 26 heavy (non-hydrogen) atoms. The first-order valence-electron chi connectivity index (χ1n) is 8.50. The van der Waals surface area contributed by atoms with Gasteiger partial charge < -0.3 is 4.74 Å². The van der Waals surface area contributed by atoms with Gasteiger partial charge in [0.05, 0.1) is 11.7 Å². The van der Waals surface area contributed by atoms with Gasteiger partial charge in [-0.15, -0.1) is 0 Å². The Morgan fingerprint density at radius 3 is 2.96 bits per heavy atom. The highest BCUT2D eigenvalue weighted by Gasteiger charge is 2.05. The van der Waals surface area contributed by atoms with E-state index < -0.39 is 0 Å². The number of rotatable bonds is 5. The Bertz CT molecular complexity index is 1050. The standard InChI is InChI=1S/C21H18N4O/c1-2-16(10-15-6-7-20-18(11-15)13-24-25-20)17-4-3-5-19(12-17)26-21-8-9-22-14-23-21/h3-14H,2H2,1H3,(H,24,25)/b16-10+. The van der Waals surface area contributed by atoms with Crippen LogP contribution in [0.3, 0.4) is 0 Å². The lowest BCUT2D eigenvalue weighted by atomic mass is 10.00. The Morgan fingerprint density at radius 2 is 2.12 bits per heavy atom. The molecular formula is C21H18N4O. The van der Waals surface area contributed by atoms with Crippen LogP contribution in [-0.2, 0) is 0 Å². The molecule has 0 unspecified atom stereocenters. The minimum absolute atomic E-state index is 0.532. The topological polar surface area (TPSA) is 63.7 Å². The van der Waals surface area contributed by atoms with Crippen molar-refractivity contribution in [3.05, 3.63) is 78.4 Å². The summed E-state index contributed by atoms with van der Waals surface area (Å²) in [6.45, 7) is 2.15. The van der Waals surface area contributed by atoms with Gasteiger partial charge in [0.15, 0.2) is 0 Å². The Balaban J connectivity index is 1.64. The number of ether oxygens (including phenoxy) is 1. The summed E-state index contributed by atoms with van der Waals surface area (Å²) in [5.41, 5.74) is 4.56. The second kappa shape index (κ2) is 7.19. The summed E-state index contributed by atoms with van der Waals surface area (Å²) in [5.74, 6) is 1.29. The third kappa shape index (κ3) is 3.47. The molecule has 2 heterocycles. The zero-order valence-electron chi connectivity index (χ0n) is 14.4. The van der Waals surface area contributed by atoms with Crippen molar-refractivity contribution >= 4 is 22.6 Å². The van der Waals surface area contributed by atoms with Gasteiger partial charge in [0.1, 0.15) is 12.1 Å². The molecule has 2 aromatic carbocycles. The van der Waals surface area contributed by atoms with Gasteiger partial charge in [-0.2, -0.15) is 5.10 Å². The van der Waals surface area contributed by atoms with Crippen LogP contribution in [0.25, 0.3) is 22.6 Å². The van der Waals surface area contributed by atoms with Crippen LogP contribution >= 0.6 is 0 Å². The lowest BCUT2D eigenvalue weighted by Crippen LogP contribution is -1.90. The van der Waals surface area contributed by atoms with Crippen LogP contribution in [0.1, 0.15) is 24.5 Å². The molecule has 5 heteroatoms. The fraction of sp³-hybridized carbons (Fsp3) is 0.0952. The molecule has 4 aromatic rings. The zero-order chi connectivity index (χ0) is 17.8. The van der Waals surface area contributed by atoms with Crippen molar-refractivity contribution in [1.82, 2.24) is 20.2 Å². The Hall–Kier alpha value is -3.47. The fourth-order valence-electron chi connectivity index (χ4n) is 2.86. The van der Waals surface area contributed by atoms with Gasteiger partial charge in [-0.05, 0) is 47.4 Å². The van der Waals surface area contributed by atoms with E-state index in [0.29, 0.717) is 5.88 Å². The number of nitrogens with zero attached hydrogens (tertiary/aromatic N) is 3. The van der Waals surface area contributed by atoms with Crippen LogP contribution in [-0.4, -0.2) is 20.2 Å². The number of nitrogens with one attached hydrogen (secondary N) is 1. The SMILES string of the molecule is CC/C(=C\c1ccc2[nH]ncc2c1)c1cccc(Oc2ccncn2)c1. The molecule has 0 radical (unpaired) electrons. The number of hydrogen-bond acceptors (Lipinski definition) is 4. The molecule has 0 fully saturated rings. The summed E-state index contributed by atoms with van der Waals surface area (Å²) in [6.07, 6.45) is 8.10. The molecule has 1 N–H and O–H groups in total. The van der Waals surface area contributed by atoms with Gasteiger partial charge >= 0.3 is 0 Å². The number of aromatic nitrogens is 4. The molecule has 0 aliphatic carbocycles. The van der Waals surface area contributed by atoms with Gasteiger partial charge in [0.25, 0.3) is 0 Å². The molecule has 5 nitrogen and oxygen atoms in total. The molecule has 4 rings (SSSR count). The molecule has 0 spiro atoms. The summed E-state index contributed by atoms with van der Waals surface area (Å²) >= 11 is 0. The summed E-state index contributed by atoms with van der Waals surface area (Å²) < 4.78 is 5.82. The number of hydrogen-bond donors (Lipinski definition) is 1. The molecule has 0 amide bonds. The van der Waals surface area contributed by atoms with Gasteiger partial charge in [-0.25, -0.2) is 9.97 Å². The highest BCUT2D eigenvalue weighted by Crippen LogP contribution is 2.27. The van der Waals surface area contributed by atoms with Crippen molar-refractivity contribution in [3.8, 4) is 11.6 Å². The van der Waals surface area contributed by atoms with Crippen molar-refractivity contribution < 1.29 is 4.74 Å². The first-order valence-corrected chi connectivity index (χ1v) is 8.50. The molecule has 0 saturated heterocycles. The summed E-state index contributed by atoms with van der Waals surface area (Å²) in [6, 6.07) is 16.1. The number of fused-ring (bicyclic) bond motifs is 1. The van der Waals surface area contributed by atoms with Crippen LogP contribution in [0, 0.1) is 0 Å². The molecule has 0 aliphatic rings. The second-order valence-electron chi connectivity index (χ2n) is 5.92. The highest BCUT2D eigenvalue weighted by molar-refractivity contribution is 5.86. The smallest absolute Gasteiger partial charge is 0.222 e. The van der Waals surface area contributed by atoms with Crippen LogP contribution in [0.4, 0.5) is 0 Å². The van der Waals surface area contributed by atoms with Crippen molar-refractivity contribution in [3.63, 3.8) is 0 Å². The minimum atomic E-state index is 0.532. The average molecular weight is 342 g/mol. The zero-order valence-corrected chi connectivity index (χ0v) is 14.4. The Morgan fingerprint density at radius 1 is 1.15 bits per heavy atom. The maximum atomic E-state index is 5.82. The first kappa shape index (κ1) is 16.0. The lowest BCUT2D eigenvalue weighted by molar-refractivity contribution is 0.461. The number of aromatic amines is 1. The van der Waals surface area contributed by atoms with E-state index in [1.165, 1.54) is 11.9 Å². The van der Waals surface area contributed by atoms with E-state index in [2.05, 4.69) is 57.4 Å². The Labute approximate surface area is 151 Å². The number of allylic oxidation sites excluding steroid dienone is 1. The van der Waals surface area contributed by atoms with Crippen LogP contribution < -0.4 is 4.74 Å². The van der Waals surface area contributed by atoms with E-state index in [4.69, 9.17) is 4.74 Å². The molecular weight excluding hydrogens is 324 g/mol. The van der Waals surface area contributed by atoms with Crippen LogP contribution in [0.5, 0.6) is 11.6 Å². The third-order valence-electron chi connectivity index (χ3n) is 4.17. The van der Waals surface area contributed by atoms with Crippen molar-refractivity contribution in [2.75, 3.05) is 0 Å². The fourth-order valence-corrected chi connectivity index (χ4v) is 2.86. The monoisotopic (exact) mass is 342 g/mol. The molecule has 0 atom stereocenters. The van der Waals surface area contributed by atoms with E-state index in [0.717, 1.165) is 34.2 Å². The van der Waals surface area contributed by atoms with E-state index >= 15 is 0 Å². The van der Waals surface area contributed by atoms with Crippen LogP contribution in [0.2, 0.25) is 0 Å². The van der Waals surface area contributed by atoms with Gasteiger partial charge in [0, 0.05) is 17.6 Å². The predicted octanol–water partition coefficient (Wildman–Crippen LogP) is 5.10. The molecule has 0 bridgehead atoms. The quantitative estimate of drug-likeness (QED) is 0.513. The van der Waals surface area contributed by atoms with E-state index in [1.54, 1.807) is 12.3 Å². The van der Waals surface area contributed by atoms with Gasteiger partial charge in [-0.1, -0.05) is 31.2 Å². The molecule has 2 aromatic heterocycles. The number of benzene rings is 2. The van der Waals surface area contributed by atoms with E-state index in [-0.39, 0.29) is 0 Å². The normalized spacial score (nSPS) is 11.7. The molecule has 128 valence electrons. The Kier molecular flexibility index (Phi) is 4.43. The highest BCUT2D eigenvalue weighted by atomic mass is 16.5. The lowest BCUT2D eigenvalue weighted by Gasteiger charge is -2.09. The second-order valence-corrected chi connectivity index (χ2v) is 5.92. The van der Waals surface area contributed by atoms with Gasteiger partial charge in [-0.3, -0.25) is 5.10 Å². The molecule has 0 saturated carbocycles. The van der Waals surface area contributed by atoms with E-state index in [1.807, 2.05) is 24.4 Å². The van der Waals surface area contributed by atoms with Crippen molar-refractivity contribution in [2.45, 2.75) is 13.3 Å². The third-order valence-corrected chi connectivity index (χ3v) is 4.17. The summed E-state index contributed by atoms with van der Waals surface area (Å²) in [5, 5.41) is 8.16.